The van der Waals surface area contributed by atoms with Gasteiger partial charge in [0.05, 0.1) is 5.92 Å². The highest BCUT2D eigenvalue weighted by atomic mass is 35.5. The Bertz CT molecular complexity index is 485. The van der Waals surface area contributed by atoms with Crippen molar-refractivity contribution < 1.29 is 9.18 Å². The first-order valence-corrected chi connectivity index (χ1v) is 7.46. The summed E-state index contributed by atoms with van der Waals surface area (Å²) in [6, 6.07) is 6.86. The highest BCUT2D eigenvalue weighted by molar-refractivity contribution is 5.85. The molecule has 21 heavy (non-hydrogen) atoms. The lowest BCUT2D eigenvalue weighted by molar-refractivity contribution is -0.138. The second-order valence-electron chi connectivity index (χ2n) is 5.96. The summed E-state index contributed by atoms with van der Waals surface area (Å²) in [5.74, 6) is 0.927. The average Bonchev–Trinajstić information content (AvgIpc) is 2.37. The van der Waals surface area contributed by atoms with Gasteiger partial charge < -0.3 is 10.2 Å². The van der Waals surface area contributed by atoms with Crippen molar-refractivity contribution in [1.29, 1.82) is 0 Å². The molecule has 1 amide bonds. The standard InChI is InChI=1S/C16H21FN2O.ClH/c17-15-3-1-2-13(9-15)8-12-4-6-19(7-5-12)16(20)14-10-18-11-14;/h1-3,9,12,14,18H,4-8,10-11H2;1H. The van der Waals surface area contributed by atoms with Gasteiger partial charge in [0.1, 0.15) is 5.82 Å². The number of benzene rings is 1. The zero-order valence-corrected chi connectivity index (χ0v) is 12.9. The lowest BCUT2D eigenvalue weighted by Gasteiger charge is -2.37. The van der Waals surface area contributed by atoms with Crippen LogP contribution >= 0.6 is 12.4 Å². The molecular weight excluding hydrogens is 291 g/mol. The van der Waals surface area contributed by atoms with Gasteiger partial charge in [0.15, 0.2) is 0 Å². The van der Waals surface area contributed by atoms with E-state index in [4.69, 9.17) is 0 Å². The Labute approximate surface area is 131 Å². The molecule has 0 bridgehead atoms. The lowest BCUT2D eigenvalue weighted by atomic mass is 9.89. The summed E-state index contributed by atoms with van der Waals surface area (Å²) in [4.78, 5) is 14.1. The van der Waals surface area contributed by atoms with Crippen LogP contribution in [0.3, 0.4) is 0 Å². The number of hydrogen-bond donors (Lipinski definition) is 1. The summed E-state index contributed by atoms with van der Waals surface area (Å²) in [6.07, 6.45) is 2.98. The summed E-state index contributed by atoms with van der Waals surface area (Å²) in [5.41, 5.74) is 1.07. The van der Waals surface area contributed by atoms with E-state index in [-0.39, 0.29) is 24.1 Å². The summed E-state index contributed by atoms with van der Waals surface area (Å²) in [7, 11) is 0. The zero-order valence-electron chi connectivity index (χ0n) is 12.1. The Balaban J connectivity index is 0.00000161. The molecule has 1 aromatic rings. The van der Waals surface area contributed by atoms with Crippen molar-refractivity contribution >= 4 is 18.3 Å². The second-order valence-corrected chi connectivity index (χ2v) is 5.96. The van der Waals surface area contributed by atoms with E-state index in [9.17, 15) is 9.18 Å². The molecule has 2 aliphatic rings. The average molecular weight is 313 g/mol. The van der Waals surface area contributed by atoms with E-state index in [0.29, 0.717) is 11.8 Å². The van der Waals surface area contributed by atoms with E-state index in [2.05, 4.69) is 5.32 Å². The molecule has 2 aliphatic heterocycles. The number of nitrogens with one attached hydrogen (secondary N) is 1. The minimum absolute atomic E-state index is 0. The van der Waals surface area contributed by atoms with Gasteiger partial charge in [-0.3, -0.25) is 4.79 Å². The van der Waals surface area contributed by atoms with Crippen molar-refractivity contribution in [3.63, 3.8) is 0 Å². The molecular formula is C16H22ClFN2O. The molecule has 0 saturated carbocycles. The zero-order chi connectivity index (χ0) is 13.9. The number of amides is 1. The number of nitrogens with zero attached hydrogens (tertiary/aromatic N) is 1. The van der Waals surface area contributed by atoms with Crippen LogP contribution in [0.2, 0.25) is 0 Å². The molecule has 1 aromatic carbocycles. The molecule has 2 saturated heterocycles. The first kappa shape index (κ1) is 16.2. The largest absolute Gasteiger partial charge is 0.342 e. The van der Waals surface area contributed by atoms with Crippen molar-refractivity contribution in [2.24, 2.45) is 11.8 Å². The fraction of sp³-hybridized carbons (Fsp3) is 0.562. The van der Waals surface area contributed by atoms with E-state index in [1.165, 1.54) is 6.07 Å². The SMILES string of the molecule is Cl.O=C(C1CNC1)N1CCC(Cc2cccc(F)c2)CC1. The van der Waals surface area contributed by atoms with Crippen LogP contribution in [0.1, 0.15) is 18.4 Å². The van der Waals surface area contributed by atoms with Crippen molar-refractivity contribution in [2.75, 3.05) is 26.2 Å². The molecule has 5 heteroatoms. The number of carbonyl (C=O) groups is 1. The molecule has 0 radical (unpaired) electrons. The summed E-state index contributed by atoms with van der Waals surface area (Å²) >= 11 is 0. The topological polar surface area (TPSA) is 32.3 Å². The van der Waals surface area contributed by atoms with Gasteiger partial charge in [-0.25, -0.2) is 4.39 Å². The van der Waals surface area contributed by atoms with Crippen LogP contribution in [0.4, 0.5) is 4.39 Å². The highest BCUT2D eigenvalue weighted by Gasteiger charge is 2.31. The van der Waals surface area contributed by atoms with Crippen LogP contribution in [0.25, 0.3) is 0 Å². The third-order valence-electron chi connectivity index (χ3n) is 4.47. The molecule has 2 fully saturated rings. The fourth-order valence-electron chi connectivity index (χ4n) is 3.08. The first-order valence-electron chi connectivity index (χ1n) is 7.46. The van der Waals surface area contributed by atoms with Crippen molar-refractivity contribution in [2.45, 2.75) is 19.3 Å². The molecule has 116 valence electrons. The molecule has 1 N–H and O–H groups in total. The monoisotopic (exact) mass is 312 g/mol. The Morgan fingerprint density at radius 2 is 2.00 bits per heavy atom. The number of likely N-dealkylation sites (tertiary alicyclic amines) is 1. The molecule has 0 atom stereocenters. The fourth-order valence-corrected chi connectivity index (χ4v) is 3.08. The van der Waals surface area contributed by atoms with Crippen LogP contribution in [0.5, 0.6) is 0 Å². The summed E-state index contributed by atoms with van der Waals surface area (Å²) in [6.45, 7) is 3.38. The highest BCUT2D eigenvalue weighted by Crippen LogP contribution is 2.23. The third-order valence-corrected chi connectivity index (χ3v) is 4.47. The predicted molar refractivity (Wildman–Crippen MR) is 83.0 cm³/mol. The second kappa shape index (κ2) is 7.23. The Hall–Kier alpha value is -1.13. The minimum Gasteiger partial charge on any atom is -0.342 e. The van der Waals surface area contributed by atoms with E-state index >= 15 is 0 Å². The normalized spacial score (nSPS) is 19.8. The minimum atomic E-state index is -0.160. The molecule has 0 aromatic heterocycles. The van der Waals surface area contributed by atoms with Crippen LogP contribution in [0, 0.1) is 17.7 Å². The van der Waals surface area contributed by atoms with Crippen molar-refractivity contribution in [1.82, 2.24) is 10.2 Å². The maximum Gasteiger partial charge on any atom is 0.228 e. The summed E-state index contributed by atoms with van der Waals surface area (Å²) in [5, 5.41) is 3.14. The van der Waals surface area contributed by atoms with E-state index in [1.807, 2.05) is 11.0 Å². The quantitative estimate of drug-likeness (QED) is 0.928. The van der Waals surface area contributed by atoms with Gasteiger partial charge in [-0.05, 0) is 42.9 Å². The van der Waals surface area contributed by atoms with Gasteiger partial charge in [-0.1, -0.05) is 12.1 Å². The predicted octanol–water partition coefficient (Wildman–Crippen LogP) is 2.25. The number of piperidine rings is 1. The van der Waals surface area contributed by atoms with Crippen LogP contribution in [-0.4, -0.2) is 37.0 Å². The number of hydrogen-bond acceptors (Lipinski definition) is 2. The maximum absolute atomic E-state index is 13.2. The van der Waals surface area contributed by atoms with Gasteiger partial charge in [-0.2, -0.15) is 0 Å². The van der Waals surface area contributed by atoms with Crippen LogP contribution in [-0.2, 0) is 11.2 Å². The molecule has 0 aliphatic carbocycles. The van der Waals surface area contributed by atoms with Crippen LogP contribution in [0.15, 0.2) is 24.3 Å². The Morgan fingerprint density at radius 3 is 2.57 bits per heavy atom. The molecule has 0 unspecified atom stereocenters. The van der Waals surface area contributed by atoms with E-state index < -0.39 is 0 Å². The lowest BCUT2D eigenvalue weighted by Crippen LogP contribution is -2.53. The maximum atomic E-state index is 13.2. The smallest absolute Gasteiger partial charge is 0.228 e. The van der Waals surface area contributed by atoms with Gasteiger partial charge in [-0.15, -0.1) is 12.4 Å². The van der Waals surface area contributed by atoms with E-state index in [0.717, 1.165) is 51.0 Å². The molecule has 2 heterocycles. The van der Waals surface area contributed by atoms with E-state index in [1.54, 1.807) is 12.1 Å². The Kier molecular flexibility index (Phi) is 5.59. The number of rotatable bonds is 3. The number of halogens is 2. The van der Waals surface area contributed by atoms with Gasteiger partial charge in [0.25, 0.3) is 0 Å². The first-order chi connectivity index (χ1) is 9.72. The van der Waals surface area contributed by atoms with Crippen LogP contribution < -0.4 is 5.32 Å². The van der Waals surface area contributed by atoms with Crippen molar-refractivity contribution in [3.05, 3.63) is 35.6 Å². The third kappa shape index (κ3) is 3.95. The van der Waals surface area contributed by atoms with Gasteiger partial charge >= 0.3 is 0 Å². The van der Waals surface area contributed by atoms with Crippen molar-refractivity contribution in [3.8, 4) is 0 Å². The molecule has 0 spiro atoms. The molecule has 3 nitrogen and oxygen atoms in total. The molecule has 3 rings (SSSR count). The number of carbonyl (C=O) groups excluding carboxylic acids is 1. The van der Waals surface area contributed by atoms with Gasteiger partial charge in [0, 0.05) is 26.2 Å². The van der Waals surface area contributed by atoms with Gasteiger partial charge in [0.2, 0.25) is 5.91 Å². The Morgan fingerprint density at radius 1 is 1.29 bits per heavy atom. The summed E-state index contributed by atoms with van der Waals surface area (Å²) < 4.78 is 13.2.